The van der Waals surface area contributed by atoms with Crippen LogP contribution in [-0.4, -0.2) is 22.5 Å². The molecule has 118 valence electrons. The summed E-state index contributed by atoms with van der Waals surface area (Å²) < 4.78 is 9.19. The zero-order valence-corrected chi connectivity index (χ0v) is 12.4. The van der Waals surface area contributed by atoms with Crippen LogP contribution in [-0.2, 0) is 0 Å². The molecule has 2 N–H and O–H groups in total. The lowest BCUT2D eigenvalue weighted by Crippen LogP contribution is -2.06. The highest BCUT2D eigenvalue weighted by molar-refractivity contribution is 5.95. The van der Waals surface area contributed by atoms with Gasteiger partial charge in [0.05, 0.1) is 5.39 Å². The standard InChI is InChI=1S/C12H8O6.C4H10/c13-11(14)17-8-5-1-3-7-4-2-6-9(10(7)8)18-12(15)16;1-3-4-2/h1-6H,(H,13,14)(H,15,16);3-4H2,1-2H3. The Balaban J connectivity index is 0.000000541. The van der Waals surface area contributed by atoms with Crippen molar-refractivity contribution in [2.45, 2.75) is 26.7 Å². The lowest BCUT2D eigenvalue weighted by atomic mass is 10.1. The predicted molar refractivity (Wildman–Crippen MR) is 81.8 cm³/mol. The van der Waals surface area contributed by atoms with Gasteiger partial charge < -0.3 is 19.7 Å². The van der Waals surface area contributed by atoms with Crippen LogP contribution in [0.15, 0.2) is 36.4 Å². The lowest BCUT2D eigenvalue weighted by Gasteiger charge is -2.08. The van der Waals surface area contributed by atoms with E-state index in [-0.39, 0.29) is 11.5 Å². The monoisotopic (exact) mass is 306 g/mol. The first-order valence-corrected chi connectivity index (χ1v) is 6.82. The van der Waals surface area contributed by atoms with Crippen molar-refractivity contribution < 1.29 is 29.3 Å². The molecule has 2 aromatic rings. The number of unbranched alkanes of at least 4 members (excludes halogenated alkanes) is 1. The summed E-state index contributed by atoms with van der Waals surface area (Å²) >= 11 is 0. The summed E-state index contributed by atoms with van der Waals surface area (Å²) in [5, 5.41) is 18.2. The molecule has 0 saturated carbocycles. The van der Waals surface area contributed by atoms with Gasteiger partial charge in [0.2, 0.25) is 0 Å². The molecule has 6 nitrogen and oxygen atoms in total. The smallest absolute Gasteiger partial charge is 0.449 e. The van der Waals surface area contributed by atoms with Gasteiger partial charge in [0.1, 0.15) is 11.5 Å². The van der Waals surface area contributed by atoms with Crippen LogP contribution in [0.5, 0.6) is 11.5 Å². The predicted octanol–water partition coefficient (Wildman–Crippen LogP) is 4.76. The highest BCUT2D eigenvalue weighted by atomic mass is 16.7. The number of benzene rings is 2. The van der Waals surface area contributed by atoms with Crippen molar-refractivity contribution >= 4 is 23.1 Å². The maximum absolute atomic E-state index is 10.6. The Morgan fingerprint density at radius 3 is 1.59 bits per heavy atom. The molecule has 2 rings (SSSR count). The molecule has 0 heterocycles. The van der Waals surface area contributed by atoms with E-state index in [4.69, 9.17) is 10.2 Å². The van der Waals surface area contributed by atoms with Crippen molar-refractivity contribution in [3.05, 3.63) is 36.4 Å². The number of rotatable bonds is 3. The van der Waals surface area contributed by atoms with Crippen LogP contribution in [0.1, 0.15) is 26.7 Å². The first kappa shape index (κ1) is 17.3. The highest BCUT2D eigenvalue weighted by Crippen LogP contribution is 2.34. The average Bonchev–Trinajstić information content (AvgIpc) is 2.46. The maximum atomic E-state index is 10.6. The molecule has 0 fully saturated rings. The molecule has 0 aliphatic rings. The van der Waals surface area contributed by atoms with Crippen LogP contribution in [0, 0.1) is 0 Å². The maximum Gasteiger partial charge on any atom is 0.511 e. The van der Waals surface area contributed by atoms with Gasteiger partial charge in [0, 0.05) is 0 Å². The fraction of sp³-hybridized carbons (Fsp3) is 0.250. The minimum Gasteiger partial charge on any atom is -0.449 e. The number of ether oxygens (including phenoxy) is 2. The van der Waals surface area contributed by atoms with Gasteiger partial charge in [0.25, 0.3) is 0 Å². The summed E-state index contributed by atoms with van der Waals surface area (Å²) in [7, 11) is 0. The Hall–Kier alpha value is -2.76. The van der Waals surface area contributed by atoms with Gasteiger partial charge in [-0.3, -0.25) is 0 Å². The van der Waals surface area contributed by atoms with E-state index in [9.17, 15) is 9.59 Å². The van der Waals surface area contributed by atoms with Crippen LogP contribution in [0.3, 0.4) is 0 Å². The minimum absolute atomic E-state index is 0.0249. The molecule has 6 heteroatoms. The van der Waals surface area contributed by atoms with Gasteiger partial charge in [-0.25, -0.2) is 9.59 Å². The van der Waals surface area contributed by atoms with E-state index in [1.54, 1.807) is 24.3 Å². The zero-order valence-electron chi connectivity index (χ0n) is 12.4. The molecule has 22 heavy (non-hydrogen) atoms. The van der Waals surface area contributed by atoms with Crippen molar-refractivity contribution in [3.8, 4) is 11.5 Å². The zero-order chi connectivity index (χ0) is 16.5. The van der Waals surface area contributed by atoms with Crippen LogP contribution in [0.25, 0.3) is 10.8 Å². The molecule has 0 radical (unpaired) electrons. The van der Waals surface area contributed by atoms with E-state index in [1.807, 2.05) is 0 Å². The van der Waals surface area contributed by atoms with Crippen molar-refractivity contribution in [2.24, 2.45) is 0 Å². The lowest BCUT2D eigenvalue weighted by molar-refractivity contribution is 0.144. The summed E-state index contributed by atoms with van der Waals surface area (Å²) in [6.07, 6.45) is -0.319. The summed E-state index contributed by atoms with van der Waals surface area (Å²) in [6, 6.07) is 9.43. The molecule has 0 spiro atoms. The Bertz CT molecular complexity index is 597. The molecular formula is C16H18O6. The Morgan fingerprint density at radius 1 is 0.864 bits per heavy atom. The van der Waals surface area contributed by atoms with Crippen LogP contribution in [0.2, 0.25) is 0 Å². The Labute approximate surface area is 127 Å². The molecule has 0 unspecified atom stereocenters. The second-order valence-corrected chi connectivity index (χ2v) is 4.35. The van der Waals surface area contributed by atoms with Gasteiger partial charge in [-0.05, 0) is 17.5 Å². The summed E-state index contributed by atoms with van der Waals surface area (Å²) in [6.45, 7) is 4.36. The third-order valence-electron chi connectivity index (χ3n) is 2.72. The normalized spacial score (nSPS) is 9.55. The van der Waals surface area contributed by atoms with E-state index >= 15 is 0 Å². The first-order chi connectivity index (χ1) is 10.5. The largest absolute Gasteiger partial charge is 0.511 e. The number of carboxylic acid groups (broad SMARTS) is 2. The summed E-state index contributed by atoms with van der Waals surface area (Å²) in [5.74, 6) is 0.0497. The summed E-state index contributed by atoms with van der Waals surface area (Å²) in [5.41, 5.74) is 0. The molecular weight excluding hydrogens is 288 g/mol. The number of hydrogen-bond acceptors (Lipinski definition) is 4. The third-order valence-corrected chi connectivity index (χ3v) is 2.72. The SMILES string of the molecule is CCCC.O=C(O)Oc1cccc2cccc(OC(=O)O)c12. The fourth-order valence-corrected chi connectivity index (χ4v) is 1.63. The molecule has 2 aromatic carbocycles. The van der Waals surface area contributed by atoms with Gasteiger partial charge in [-0.2, -0.15) is 0 Å². The summed E-state index contributed by atoms with van der Waals surface area (Å²) in [4.78, 5) is 21.1. The van der Waals surface area contributed by atoms with E-state index in [0.29, 0.717) is 10.8 Å². The minimum atomic E-state index is -1.48. The molecule has 0 aromatic heterocycles. The van der Waals surface area contributed by atoms with E-state index in [1.165, 1.54) is 25.0 Å². The van der Waals surface area contributed by atoms with Gasteiger partial charge in [0.15, 0.2) is 0 Å². The molecule has 0 aliphatic carbocycles. The van der Waals surface area contributed by atoms with Crippen molar-refractivity contribution in [2.75, 3.05) is 0 Å². The van der Waals surface area contributed by atoms with Gasteiger partial charge in [-0.1, -0.05) is 51.0 Å². The molecule has 0 aliphatic heterocycles. The molecule has 0 saturated heterocycles. The third kappa shape index (κ3) is 4.97. The number of fused-ring (bicyclic) bond motifs is 1. The number of carbonyl (C=O) groups is 2. The van der Waals surface area contributed by atoms with E-state index in [2.05, 4.69) is 23.3 Å². The second-order valence-electron chi connectivity index (χ2n) is 4.35. The average molecular weight is 306 g/mol. The molecule has 0 bridgehead atoms. The van der Waals surface area contributed by atoms with E-state index in [0.717, 1.165) is 0 Å². The van der Waals surface area contributed by atoms with E-state index < -0.39 is 12.3 Å². The topological polar surface area (TPSA) is 93.1 Å². The highest BCUT2D eigenvalue weighted by Gasteiger charge is 2.13. The van der Waals surface area contributed by atoms with Crippen LogP contribution < -0.4 is 9.47 Å². The van der Waals surface area contributed by atoms with Crippen molar-refractivity contribution in [3.63, 3.8) is 0 Å². The van der Waals surface area contributed by atoms with Crippen molar-refractivity contribution in [1.82, 2.24) is 0 Å². The van der Waals surface area contributed by atoms with Gasteiger partial charge >= 0.3 is 12.3 Å². The van der Waals surface area contributed by atoms with Crippen LogP contribution >= 0.6 is 0 Å². The molecule has 0 atom stereocenters. The fourth-order valence-electron chi connectivity index (χ4n) is 1.63. The second kappa shape index (κ2) is 8.51. The Morgan fingerprint density at radius 2 is 1.27 bits per heavy atom. The van der Waals surface area contributed by atoms with Crippen molar-refractivity contribution in [1.29, 1.82) is 0 Å². The number of hydrogen-bond donors (Lipinski definition) is 2. The quantitative estimate of drug-likeness (QED) is 0.627. The Kier molecular flexibility index (Phi) is 6.69. The van der Waals surface area contributed by atoms with Gasteiger partial charge in [-0.15, -0.1) is 0 Å². The molecule has 0 amide bonds. The van der Waals surface area contributed by atoms with Crippen LogP contribution in [0.4, 0.5) is 9.59 Å². The first-order valence-electron chi connectivity index (χ1n) is 6.82.